The highest BCUT2D eigenvalue weighted by Gasteiger charge is 2.41. The molecule has 1 unspecified atom stereocenters. The van der Waals surface area contributed by atoms with E-state index in [4.69, 9.17) is 14.2 Å². The first-order valence-electron chi connectivity index (χ1n) is 10.4. The summed E-state index contributed by atoms with van der Waals surface area (Å²) in [6.45, 7) is 5.64. The molecule has 0 spiro atoms. The maximum Gasteiger partial charge on any atom is 0.513 e. The van der Waals surface area contributed by atoms with Gasteiger partial charge in [0.1, 0.15) is 5.76 Å². The van der Waals surface area contributed by atoms with Crippen LogP contribution in [0.1, 0.15) is 56.2 Å². The highest BCUT2D eigenvalue weighted by atomic mass is 19.4. The van der Waals surface area contributed by atoms with E-state index in [2.05, 4.69) is 10.3 Å². The van der Waals surface area contributed by atoms with Crippen molar-refractivity contribution in [3.8, 4) is 5.88 Å². The zero-order valence-electron chi connectivity index (χ0n) is 18.1. The van der Waals surface area contributed by atoms with Crippen LogP contribution in [0, 0.1) is 0 Å². The van der Waals surface area contributed by atoms with Crippen molar-refractivity contribution in [2.75, 3.05) is 18.5 Å². The summed E-state index contributed by atoms with van der Waals surface area (Å²) in [4.78, 5) is 16.4. The van der Waals surface area contributed by atoms with E-state index >= 15 is 0 Å². The molecule has 0 amide bonds. The highest BCUT2D eigenvalue weighted by Crippen LogP contribution is 2.48. The minimum atomic E-state index is -4.62. The summed E-state index contributed by atoms with van der Waals surface area (Å²) in [6, 6.07) is 6.85. The molecule has 0 saturated carbocycles. The zero-order valence-corrected chi connectivity index (χ0v) is 18.1. The van der Waals surface area contributed by atoms with Crippen LogP contribution in [0.5, 0.6) is 5.88 Å². The molecule has 9 heteroatoms. The molecular weight excluding hydrogens is 425 g/mol. The Morgan fingerprint density at radius 2 is 1.94 bits per heavy atom. The fourth-order valence-corrected chi connectivity index (χ4v) is 3.56. The Balaban J connectivity index is 2.21. The normalized spacial score (nSPS) is 15.6. The minimum Gasteiger partial charge on any atom is -0.477 e. The lowest BCUT2D eigenvalue weighted by molar-refractivity contribution is -0.138. The van der Waals surface area contributed by atoms with Crippen molar-refractivity contribution in [3.05, 3.63) is 64.7 Å². The SMILES string of the molecule is CCCCOc1nccc2c1C(c1ccccc1C(F)(F)F)C(OC(=O)OCC)=C(C)N2. The molecule has 0 fully saturated rings. The molecule has 32 heavy (non-hydrogen) atoms. The van der Waals surface area contributed by atoms with Crippen molar-refractivity contribution in [1.29, 1.82) is 0 Å². The smallest absolute Gasteiger partial charge is 0.477 e. The molecule has 1 aliphatic heterocycles. The number of hydrogen-bond acceptors (Lipinski definition) is 6. The molecule has 3 rings (SSSR count). The van der Waals surface area contributed by atoms with Gasteiger partial charge in [0.2, 0.25) is 5.88 Å². The number of carbonyl (C=O) groups is 1. The number of alkyl halides is 3. The Morgan fingerprint density at radius 1 is 1.19 bits per heavy atom. The maximum absolute atomic E-state index is 13.9. The molecule has 0 aliphatic carbocycles. The van der Waals surface area contributed by atoms with Crippen molar-refractivity contribution < 1.29 is 32.2 Å². The maximum atomic E-state index is 13.9. The third-order valence-corrected chi connectivity index (χ3v) is 4.97. The van der Waals surface area contributed by atoms with Crippen molar-refractivity contribution in [3.63, 3.8) is 0 Å². The Morgan fingerprint density at radius 3 is 2.62 bits per heavy atom. The predicted molar refractivity (Wildman–Crippen MR) is 112 cm³/mol. The number of nitrogens with one attached hydrogen (secondary N) is 1. The first kappa shape index (κ1) is 23.4. The molecule has 172 valence electrons. The fourth-order valence-electron chi connectivity index (χ4n) is 3.56. The second kappa shape index (κ2) is 9.93. The van der Waals surface area contributed by atoms with Gasteiger partial charge in [0, 0.05) is 11.9 Å². The monoisotopic (exact) mass is 450 g/mol. The summed E-state index contributed by atoms with van der Waals surface area (Å²) in [5, 5.41) is 3.09. The molecular formula is C23H25F3N2O4. The number of halogens is 3. The summed E-state index contributed by atoms with van der Waals surface area (Å²) >= 11 is 0. The number of benzene rings is 1. The fraction of sp³-hybridized carbons (Fsp3) is 0.391. The molecule has 2 aromatic rings. The molecule has 6 nitrogen and oxygen atoms in total. The summed E-state index contributed by atoms with van der Waals surface area (Å²) < 4.78 is 57.9. The number of fused-ring (bicyclic) bond motifs is 1. The van der Waals surface area contributed by atoms with Gasteiger partial charge in [0.15, 0.2) is 0 Å². The number of hydrogen-bond donors (Lipinski definition) is 1. The number of allylic oxidation sites excluding steroid dienone is 2. The largest absolute Gasteiger partial charge is 0.513 e. The van der Waals surface area contributed by atoms with E-state index in [0.717, 1.165) is 18.9 Å². The standard InChI is InChI=1S/C23H25F3N2O4/c1-4-6-13-31-21-19-17(11-12-27-21)28-14(3)20(32-22(29)30-5-2)18(19)15-9-7-8-10-16(15)23(24,25)26/h7-12,18,28H,4-6,13H2,1-3H3. The number of unbranched alkanes of at least 4 members (excludes halogenated alkanes) is 1. The Labute approximate surface area is 184 Å². The second-order valence-corrected chi connectivity index (χ2v) is 7.20. The van der Waals surface area contributed by atoms with E-state index in [1.54, 1.807) is 19.9 Å². The van der Waals surface area contributed by atoms with Gasteiger partial charge in [-0.05, 0) is 38.0 Å². The lowest BCUT2D eigenvalue weighted by Crippen LogP contribution is -2.25. The first-order chi connectivity index (χ1) is 15.3. The third kappa shape index (κ3) is 4.98. The van der Waals surface area contributed by atoms with Crippen LogP contribution in [0.15, 0.2) is 48.0 Å². The Bertz CT molecular complexity index is 1000. The van der Waals surface area contributed by atoms with Crippen molar-refractivity contribution in [2.45, 2.75) is 45.7 Å². The van der Waals surface area contributed by atoms with Gasteiger partial charge in [-0.2, -0.15) is 13.2 Å². The van der Waals surface area contributed by atoms with Crippen molar-refractivity contribution >= 4 is 11.8 Å². The zero-order chi connectivity index (χ0) is 23.3. The van der Waals surface area contributed by atoms with E-state index in [1.807, 2.05) is 6.92 Å². The molecule has 1 aromatic carbocycles. The summed E-state index contributed by atoms with van der Waals surface area (Å²) in [6.07, 6.45) is -2.47. The van der Waals surface area contributed by atoms with Crippen LogP contribution in [0.4, 0.5) is 23.7 Å². The van der Waals surface area contributed by atoms with Crippen LogP contribution in [-0.4, -0.2) is 24.4 Å². The number of ether oxygens (including phenoxy) is 3. The van der Waals surface area contributed by atoms with Crippen LogP contribution in [0.25, 0.3) is 0 Å². The van der Waals surface area contributed by atoms with Gasteiger partial charge in [-0.1, -0.05) is 31.5 Å². The van der Waals surface area contributed by atoms with Crippen LogP contribution in [0.3, 0.4) is 0 Å². The molecule has 1 aliphatic rings. The van der Waals surface area contributed by atoms with Crippen LogP contribution in [-0.2, 0) is 15.7 Å². The van der Waals surface area contributed by atoms with Gasteiger partial charge in [-0.3, -0.25) is 0 Å². The first-order valence-corrected chi connectivity index (χ1v) is 10.4. The highest BCUT2D eigenvalue weighted by molar-refractivity contribution is 5.70. The quantitative estimate of drug-likeness (QED) is 0.398. The topological polar surface area (TPSA) is 69.7 Å². The van der Waals surface area contributed by atoms with Gasteiger partial charge in [0.25, 0.3) is 0 Å². The van der Waals surface area contributed by atoms with E-state index in [0.29, 0.717) is 23.6 Å². The predicted octanol–water partition coefficient (Wildman–Crippen LogP) is 6.24. The summed E-state index contributed by atoms with van der Waals surface area (Å²) in [7, 11) is 0. The summed E-state index contributed by atoms with van der Waals surface area (Å²) in [5.41, 5.74) is 0.374. The van der Waals surface area contributed by atoms with Gasteiger partial charge in [0.05, 0.1) is 36.0 Å². The lowest BCUT2D eigenvalue weighted by Gasteiger charge is -2.32. The van der Waals surface area contributed by atoms with E-state index in [1.165, 1.54) is 24.4 Å². The minimum absolute atomic E-state index is 0.000918. The van der Waals surface area contributed by atoms with Crippen LogP contribution >= 0.6 is 0 Å². The molecule has 0 bridgehead atoms. The van der Waals surface area contributed by atoms with E-state index in [9.17, 15) is 18.0 Å². The number of aromatic nitrogens is 1. The molecule has 2 heterocycles. The molecule has 1 aromatic heterocycles. The van der Waals surface area contributed by atoms with Gasteiger partial charge in [-0.25, -0.2) is 9.78 Å². The average Bonchev–Trinajstić information content (AvgIpc) is 2.74. The number of rotatable bonds is 7. The molecule has 0 radical (unpaired) electrons. The van der Waals surface area contributed by atoms with Crippen molar-refractivity contribution in [1.82, 2.24) is 4.98 Å². The average molecular weight is 450 g/mol. The number of pyridine rings is 1. The number of carbonyl (C=O) groups excluding carboxylic acids is 1. The van der Waals surface area contributed by atoms with E-state index in [-0.39, 0.29) is 23.8 Å². The molecule has 1 atom stereocenters. The van der Waals surface area contributed by atoms with Gasteiger partial charge in [-0.15, -0.1) is 0 Å². The molecule has 0 saturated heterocycles. The van der Waals surface area contributed by atoms with Gasteiger partial charge >= 0.3 is 12.3 Å². The van der Waals surface area contributed by atoms with Crippen LogP contribution < -0.4 is 10.1 Å². The number of nitrogens with zero attached hydrogens (tertiary/aromatic N) is 1. The second-order valence-electron chi connectivity index (χ2n) is 7.20. The van der Waals surface area contributed by atoms with Crippen LogP contribution in [0.2, 0.25) is 0 Å². The Kier molecular flexibility index (Phi) is 7.27. The lowest BCUT2D eigenvalue weighted by atomic mass is 9.83. The third-order valence-electron chi connectivity index (χ3n) is 4.97. The summed E-state index contributed by atoms with van der Waals surface area (Å²) in [5.74, 6) is -0.900. The number of anilines is 1. The van der Waals surface area contributed by atoms with Crippen molar-refractivity contribution in [2.24, 2.45) is 0 Å². The van der Waals surface area contributed by atoms with E-state index < -0.39 is 23.8 Å². The molecule has 1 N–H and O–H groups in total. The Hall–Kier alpha value is -3.23. The van der Waals surface area contributed by atoms with Gasteiger partial charge < -0.3 is 19.5 Å².